The van der Waals surface area contributed by atoms with Gasteiger partial charge in [0, 0.05) is 37.9 Å². The van der Waals surface area contributed by atoms with Gasteiger partial charge >= 0.3 is 0 Å². The van der Waals surface area contributed by atoms with Crippen LogP contribution >= 0.6 is 0 Å². The first kappa shape index (κ1) is 26.6. The number of hydrogen-bond acceptors (Lipinski definition) is 4. The number of rotatable bonds is 6. The van der Waals surface area contributed by atoms with Gasteiger partial charge in [-0.05, 0) is 53.4 Å². The summed E-state index contributed by atoms with van der Waals surface area (Å²) in [6.07, 6.45) is 1.01. The summed E-state index contributed by atoms with van der Waals surface area (Å²) in [4.78, 5) is 48.1. The highest BCUT2D eigenvalue weighted by atomic mass is 16.2. The molecule has 2 aliphatic heterocycles. The van der Waals surface area contributed by atoms with Crippen molar-refractivity contribution < 1.29 is 14.4 Å². The molecule has 0 aliphatic carbocycles. The van der Waals surface area contributed by atoms with Crippen molar-refractivity contribution in [2.45, 2.75) is 24.9 Å². The number of fused-ring (bicyclic) bond motifs is 1. The van der Waals surface area contributed by atoms with Crippen molar-refractivity contribution in [1.29, 1.82) is 0 Å². The Hall–Kier alpha value is -4.65. The third-order valence-electron chi connectivity index (χ3n) is 8.47. The van der Waals surface area contributed by atoms with Crippen LogP contribution in [0.4, 0.5) is 5.69 Å². The fourth-order valence-electron chi connectivity index (χ4n) is 6.14. The van der Waals surface area contributed by atoms with Crippen molar-refractivity contribution in [3.8, 4) is 0 Å². The summed E-state index contributed by atoms with van der Waals surface area (Å²) < 4.78 is 0. The summed E-state index contributed by atoms with van der Waals surface area (Å²) in [5, 5.41) is 2.13. The van der Waals surface area contributed by atoms with Gasteiger partial charge in [-0.3, -0.25) is 14.4 Å². The summed E-state index contributed by atoms with van der Waals surface area (Å²) in [6.45, 7) is 1.79. The van der Waals surface area contributed by atoms with E-state index in [2.05, 4.69) is 4.90 Å². The maximum Gasteiger partial charge on any atom is 0.253 e. The molecule has 4 aromatic carbocycles. The van der Waals surface area contributed by atoms with E-state index in [9.17, 15) is 14.4 Å². The van der Waals surface area contributed by atoms with Crippen molar-refractivity contribution in [3.05, 3.63) is 114 Å². The van der Waals surface area contributed by atoms with Crippen molar-refractivity contribution in [1.82, 2.24) is 14.7 Å². The van der Waals surface area contributed by atoms with E-state index >= 15 is 0 Å². The van der Waals surface area contributed by atoms with Crippen LogP contribution in [0.2, 0.25) is 0 Å². The number of piperidine rings is 1. The highest BCUT2D eigenvalue weighted by Crippen LogP contribution is 2.39. The van der Waals surface area contributed by atoms with Crippen molar-refractivity contribution >= 4 is 34.2 Å². The third kappa shape index (κ3) is 5.15. The third-order valence-corrected chi connectivity index (χ3v) is 8.47. The lowest BCUT2D eigenvalue weighted by Gasteiger charge is -2.43. The van der Waals surface area contributed by atoms with Gasteiger partial charge in [0.25, 0.3) is 11.8 Å². The van der Waals surface area contributed by atoms with E-state index in [0.29, 0.717) is 44.7 Å². The molecule has 0 atom stereocenters. The normalized spacial score (nSPS) is 16.4. The van der Waals surface area contributed by atoms with Gasteiger partial charge in [0.15, 0.2) is 0 Å². The molecule has 0 N–H and O–H groups in total. The minimum absolute atomic E-state index is 0.0168. The van der Waals surface area contributed by atoms with Gasteiger partial charge in [-0.25, -0.2) is 0 Å². The Kier molecular flexibility index (Phi) is 7.18. The SMILES string of the molecule is CN(Cc1ccccc1)C(=O)CN1CN(c2ccccc2)C2(CCN(C(=O)c3ccc4ccccc4c3)CC2)C1=O. The first-order valence-corrected chi connectivity index (χ1v) is 14.1. The smallest absolute Gasteiger partial charge is 0.253 e. The van der Waals surface area contributed by atoms with Crippen LogP contribution in [0.3, 0.4) is 0 Å². The van der Waals surface area contributed by atoms with Crippen LogP contribution in [0.25, 0.3) is 10.8 Å². The minimum Gasteiger partial charge on any atom is -0.340 e. The molecule has 41 heavy (non-hydrogen) atoms. The molecule has 1 spiro atoms. The Labute approximate surface area is 240 Å². The molecule has 2 saturated heterocycles. The number of hydrogen-bond donors (Lipinski definition) is 0. The van der Waals surface area contributed by atoms with E-state index in [1.807, 2.05) is 108 Å². The van der Waals surface area contributed by atoms with Gasteiger partial charge in [-0.2, -0.15) is 0 Å². The highest BCUT2D eigenvalue weighted by molar-refractivity contribution is 6.00. The molecule has 0 saturated carbocycles. The standard InChI is InChI=1S/C34H34N4O3/c1-35(23-26-10-4-2-5-11-26)31(39)24-37-25-38(30-14-6-3-7-15-30)34(33(37)41)18-20-36(21-19-34)32(40)29-17-16-27-12-8-9-13-28(27)22-29/h2-17,22H,18-21,23-25H2,1H3. The molecule has 0 radical (unpaired) electrons. The fourth-order valence-corrected chi connectivity index (χ4v) is 6.14. The number of anilines is 1. The molecule has 7 nitrogen and oxygen atoms in total. The summed E-state index contributed by atoms with van der Waals surface area (Å²) in [7, 11) is 1.78. The number of amides is 3. The Morgan fingerprint density at radius 1 is 0.805 bits per heavy atom. The number of carbonyl (C=O) groups is 3. The second kappa shape index (κ2) is 11.1. The van der Waals surface area contributed by atoms with Crippen molar-refractivity contribution in [3.63, 3.8) is 0 Å². The van der Waals surface area contributed by atoms with Gasteiger partial charge in [0.05, 0.1) is 6.67 Å². The highest BCUT2D eigenvalue weighted by Gasteiger charge is 2.54. The summed E-state index contributed by atoms with van der Waals surface area (Å²) >= 11 is 0. The number of carbonyl (C=O) groups excluding carboxylic acids is 3. The largest absolute Gasteiger partial charge is 0.340 e. The van der Waals surface area contributed by atoms with Crippen LogP contribution in [-0.2, 0) is 16.1 Å². The summed E-state index contributed by atoms with van der Waals surface area (Å²) in [5.74, 6) is -0.159. The van der Waals surface area contributed by atoms with Crippen LogP contribution < -0.4 is 4.90 Å². The molecular weight excluding hydrogens is 512 g/mol. The van der Waals surface area contributed by atoms with Crippen LogP contribution in [0, 0.1) is 0 Å². The Bertz CT molecular complexity index is 1560. The van der Waals surface area contributed by atoms with Gasteiger partial charge in [-0.1, -0.05) is 78.9 Å². The maximum atomic E-state index is 14.1. The molecule has 3 amide bonds. The van der Waals surface area contributed by atoms with Crippen LogP contribution in [0.1, 0.15) is 28.8 Å². The lowest BCUT2D eigenvalue weighted by molar-refractivity contribution is -0.140. The quantitative estimate of drug-likeness (QED) is 0.349. The lowest BCUT2D eigenvalue weighted by atomic mass is 9.85. The zero-order valence-corrected chi connectivity index (χ0v) is 23.3. The van der Waals surface area contributed by atoms with Crippen LogP contribution in [0.15, 0.2) is 103 Å². The predicted molar refractivity (Wildman–Crippen MR) is 160 cm³/mol. The zero-order valence-electron chi connectivity index (χ0n) is 23.3. The first-order chi connectivity index (χ1) is 19.9. The van der Waals surface area contributed by atoms with E-state index in [1.54, 1.807) is 16.8 Å². The molecular formula is C34H34N4O3. The Balaban J connectivity index is 1.19. The lowest BCUT2D eigenvalue weighted by Crippen LogP contribution is -2.57. The molecule has 2 heterocycles. The van der Waals surface area contributed by atoms with Crippen molar-refractivity contribution in [2.24, 2.45) is 0 Å². The fraction of sp³-hybridized carbons (Fsp3) is 0.265. The predicted octanol–water partition coefficient (Wildman–Crippen LogP) is 4.78. The van der Waals surface area contributed by atoms with Crippen LogP contribution in [0.5, 0.6) is 0 Å². The van der Waals surface area contributed by atoms with E-state index in [4.69, 9.17) is 0 Å². The van der Waals surface area contributed by atoms with E-state index in [0.717, 1.165) is 22.0 Å². The molecule has 2 fully saturated rings. The zero-order chi connectivity index (χ0) is 28.4. The summed E-state index contributed by atoms with van der Waals surface area (Å²) in [6, 6.07) is 33.6. The Morgan fingerprint density at radius 2 is 1.44 bits per heavy atom. The van der Waals surface area contributed by atoms with Gasteiger partial charge in [0.2, 0.25) is 5.91 Å². The summed E-state index contributed by atoms with van der Waals surface area (Å²) in [5.41, 5.74) is 1.86. The number of likely N-dealkylation sites (N-methyl/N-ethyl adjacent to an activating group) is 1. The number of benzene rings is 4. The molecule has 6 rings (SSSR count). The van der Waals surface area contributed by atoms with Gasteiger partial charge in [-0.15, -0.1) is 0 Å². The number of nitrogens with zero attached hydrogens (tertiary/aromatic N) is 4. The van der Waals surface area contributed by atoms with Gasteiger partial charge in [0.1, 0.15) is 12.1 Å². The van der Waals surface area contributed by atoms with E-state index in [-0.39, 0.29) is 24.3 Å². The molecule has 2 aliphatic rings. The molecule has 0 aromatic heterocycles. The maximum absolute atomic E-state index is 14.1. The topological polar surface area (TPSA) is 64.2 Å². The molecule has 0 bridgehead atoms. The number of likely N-dealkylation sites (tertiary alicyclic amines) is 1. The van der Waals surface area contributed by atoms with Crippen LogP contribution in [-0.4, -0.2) is 71.3 Å². The molecule has 208 valence electrons. The molecule has 0 unspecified atom stereocenters. The van der Waals surface area contributed by atoms with E-state index < -0.39 is 5.54 Å². The second-order valence-corrected chi connectivity index (χ2v) is 11.0. The van der Waals surface area contributed by atoms with E-state index in [1.165, 1.54) is 0 Å². The molecule has 4 aromatic rings. The van der Waals surface area contributed by atoms with Crippen molar-refractivity contribution in [2.75, 3.05) is 38.3 Å². The Morgan fingerprint density at radius 3 is 2.15 bits per heavy atom. The average molecular weight is 547 g/mol. The minimum atomic E-state index is -0.792. The monoisotopic (exact) mass is 546 g/mol. The average Bonchev–Trinajstić information content (AvgIpc) is 3.27. The van der Waals surface area contributed by atoms with Gasteiger partial charge < -0.3 is 19.6 Å². The second-order valence-electron chi connectivity index (χ2n) is 11.0. The molecule has 7 heteroatoms. The number of para-hydroxylation sites is 1. The first-order valence-electron chi connectivity index (χ1n) is 14.1.